The van der Waals surface area contributed by atoms with Gasteiger partial charge < -0.3 is 14.2 Å². The molecule has 0 radical (unpaired) electrons. The van der Waals surface area contributed by atoms with Crippen molar-refractivity contribution in [1.29, 1.82) is 0 Å². The fourth-order valence-electron chi connectivity index (χ4n) is 2.91. The van der Waals surface area contributed by atoms with Gasteiger partial charge in [0.2, 0.25) is 0 Å². The second-order valence-corrected chi connectivity index (χ2v) is 6.62. The minimum atomic E-state index is -0.625. The van der Waals surface area contributed by atoms with Crippen molar-refractivity contribution in [2.45, 2.75) is 6.92 Å². The van der Waals surface area contributed by atoms with E-state index in [0.717, 1.165) is 4.90 Å². The van der Waals surface area contributed by atoms with Gasteiger partial charge in [-0.05, 0) is 48.9 Å². The van der Waals surface area contributed by atoms with Crippen molar-refractivity contribution in [3.8, 4) is 5.75 Å². The Kier molecular flexibility index (Phi) is 6.87. The molecule has 156 valence electrons. The summed E-state index contributed by atoms with van der Waals surface area (Å²) in [5.41, 5.74) is 1.22. The molecule has 1 aliphatic heterocycles. The van der Waals surface area contributed by atoms with E-state index in [2.05, 4.69) is 0 Å². The highest BCUT2D eigenvalue weighted by molar-refractivity contribution is 6.60. The molecule has 7 nitrogen and oxygen atoms in total. The van der Waals surface area contributed by atoms with E-state index in [9.17, 15) is 14.4 Å². The van der Waals surface area contributed by atoms with Crippen molar-refractivity contribution < 1.29 is 28.6 Å². The first-order valence-electron chi connectivity index (χ1n) is 9.25. The first kappa shape index (κ1) is 21.5. The summed E-state index contributed by atoms with van der Waals surface area (Å²) in [7, 11) is 1.53. The highest BCUT2D eigenvalue weighted by Crippen LogP contribution is 2.35. The summed E-state index contributed by atoms with van der Waals surface area (Å²) in [5, 5.41) is -0.162. The van der Waals surface area contributed by atoms with E-state index in [-0.39, 0.29) is 17.2 Å². The third-order valence-electron chi connectivity index (χ3n) is 4.43. The number of amides is 2. The molecule has 1 heterocycles. The Morgan fingerprint density at radius 1 is 0.967 bits per heavy atom. The molecule has 3 rings (SSSR count). The van der Waals surface area contributed by atoms with Gasteiger partial charge in [-0.15, -0.1) is 0 Å². The van der Waals surface area contributed by atoms with Crippen LogP contribution in [0, 0.1) is 0 Å². The van der Waals surface area contributed by atoms with E-state index in [1.54, 1.807) is 24.3 Å². The van der Waals surface area contributed by atoms with Gasteiger partial charge in [0.15, 0.2) is 0 Å². The summed E-state index contributed by atoms with van der Waals surface area (Å²) in [5.74, 6) is -1.06. The molecule has 0 saturated carbocycles. The minimum absolute atomic E-state index is 0.115. The summed E-state index contributed by atoms with van der Waals surface area (Å²) < 4.78 is 15.3. The number of anilines is 1. The quantitative estimate of drug-likeness (QED) is 0.363. The summed E-state index contributed by atoms with van der Waals surface area (Å²) in [4.78, 5) is 38.6. The Morgan fingerprint density at radius 3 is 2.23 bits per heavy atom. The van der Waals surface area contributed by atoms with Gasteiger partial charge in [0, 0.05) is 6.61 Å². The summed E-state index contributed by atoms with van der Waals surface area (Å²) in [6, 6.07) is 12.6. The van der Waals surface area contributed by atoms with Crippen molar-refractivity contribution >= 4 is 40.6 Å². The number of benzene rings is 2. The monoisotopic (exact) mass is 429 g/mol. The van der Waals surface area contributed by atoms with Gasteiger partial charge in [-0.2, -0.15) is 0 Å². The van der Waals surface area contributed by atoms with Crippen molar-refractivity contribution in [3.63, 3.8) is 0 Å². The molecule has 0 aliphatic carbocycles. The second kappa shape index (κ2) is 9.56. The predicted octanol–water partition coefficient (Wildman–Crippen LogP) is 3.41. The van der Waals surface area contributed by atoms with Crippen LogP contribution in [0.3, 0.4) is 0 Å². The van der Waals surface area contributed by atoms with Crippen LogP contribution in [0.1, 0.15) is 22.8 Å². The fraction of sp³-hybridized carbons (Fsp3) is 0.227. The van der Waals surface area contributed by atoms with Gasteiger partial charge in [-0.3, -0.25) is 9.59 Å². The lowest BCUT2D eigenvalue weighted by atomic mass is 10.1. The maximum absolute atomic E-state index is 12.9. The molecular formula is C22H20ClNO6. The van der Waals surface area contributed by atoms with Crippen molar-refractivity contribution in [3.05, 3.63) is 64.7 Å². The highest BCUT2D eigenvalue weighted by atomic mass is 35.5. The summed E-state index contributed by atoms with van der Waals surface area (Å²) >= 11 is 6.19. The molecule has 0 saturated heterocycles. The van der Waals surface area contributed by atoms with Crippen LogP contribution in [0.25, 0.3) is 5.57 Å². The average molecular weight is 430 g/mol. The Labute approximate surface area is 178 Å². The molecule has 2 amide bonds. The average Bonchev–Trinajstić information content (AvgIpc) is 2.99. The number of nitrogens with zero attached hydrogens (tertiary/aromatic N) is 1. The van der Waals surface area contributed by atoms with Gasteiger partial charge in [0.25, 0.3) is 11.8 Å². The summed E-state index contributed by atoms with van der Waals surface area (Å²) in [6.45, 7) is 2.85. The number of hydrogen-bond donors (Lipinski definition) is 0. The van der Waals surface area contributed by atoms with E-state index < -0.39 is 17.8 Å². The number of carbonyl (C=O) groups is 3. The predicted molar refractivity (Wildman–Crippen MR) is 111 cm³/mol. The lowest BCUT2D eigenvalue weighted by molar-refractivity contribution is -0.119. The molecule has 2 aromatic rings. The van der Waals surface area contributed by atoms with Crippen LogP contribution in [0.15, 0.2) is 53.6 Å². The number of halogens is 1. The highest BCUT2D eigenvalue weighted by Gasteiger charge is 2.39. The molecule has 0 aromatic heterocycles. The topological polar surface area (TPSA) is 82.1 Å². The maximum Gasteiger partial charge on any atom is 0.338 e. The van der Waals surface area contributed by atoms with E-state index >= 15 is 0 Å². The molecule has 1 aliphatic rings. The molecule has 30 heavy (non-hydrogen) atoms. The Balaban J connectivity index is 1.76. The SMILES string of the molecule is CCOCCOC(=O)c1ccc(N2C(=O)C(Cl)=C(c3ccc(OC)cc3)C2=O)cc1. The number of hydrogen-bond acceptors (Lipinski definition) is 6. The van der Waals surface area contributed by atoms with Gasteiger partial charge in [0.05, 0.1) is 30.5 Å². The third kappa shape index (κ3) is 4.37. The second-order valence-electron chi connectivity index (χ2n) is 6.24. The Hall–Kier alpha value is -3.16. The Morgan fingerprint density at radius 2 is 1.63 bits per heavy atom. The number of esters is 1. The molecule has 0 bridgehead atoms. The lowest BCUT2D eigenvalue weighted by Crippen LogP contribution is -2.31. The van der Waals surface area contributed by atoms with Crippen LogP contribution >= 0.6 is 11.6 Å². The first-order valence-corrected chi connectivity index (χ1v) is 9.63. The largest absolute Gasteiger partial charge is 0.497 e. The van der Waals surface area contributed by atoms with E-state index in [1.165, 1.54) is 31.4 Å². The van der Waals surface area contributed by atoms with Crippen LogP contribution in [0.2, 0.25) is 0 Å². The van der Waals surface area contributed by atoms with Crippen LogP contribution in [0.5, 0.6) is 5.75 Å². The molecule has 8 heteroatoms. The number of ether oxygens (including phenoxy) is 3. The van der Waals surface area contributed by atoms with Gasteiger partial charge in [-0.1, -0.05) is 23.7 Å². The molecule has 0 spiro atoms. The zero-order chi connectivity index (χ0) is 21.7. The normalized spacial score (nSPS) is 13.8. The van der Waals surface area contributed by atoms with Crippen molar-refractivity contribution in [1.82, 2.24) is 0 Å². The van der Waals surface area contributed by atoms with E-state index in [1.807, 2.05) is 6.92 Å². The van der Waals surface area contributed by atoms with Gasteiger partial charge in [-0.25, -0.2) is 9.69 Å². The number of carbonyl (C=O) groups excluding carboxylic acids is 3. The zero-order valence-corrected chi connectivity index (χ0v) is 17.3. The number of methoxy groups -OCH3 is 1. The number of rotatable bonds is 8. The van der Waals surface area contributed by atoms with Crippen molar-refractivity contribution in [2.75, 3.05) is 31.8 Å². The standard InChI is InChI=1S/C22H20ClNO6/c1-3-29-12-13-30-22(27)15-4-8-16(9-5-15)24-20(25)18(19(23)21(24)26)14-6-10-17(28-2)11-7-14/h4-11H,3,12-13H2,1-2H3. The zero-order valence-electron chi connectivity index (χ0n) is 16.5. The number of imide groups is 1. The molecule has 2 aromatic carbocycles. The molecular weight excluding hydrogens is 410 g/mol. The minimum Gasteiger partial charge on any atom is -0.497 e. The molecule has 0 unspecified atom stereocenters. The smallest absolute Gasteiger partial charge is 0.338 e. The summed E-state index contributed by atoms with van der Waals surface area (Å²) in [6.07, 6.45) is 0. The maximum atomic E-state index is 12.9. The molecule has 0 atom stereocenters. The van der Waals surface area contributed by atoms with E-state index in [0.29, 0.717) is 35.8 Å². The van der Waals surface area contributed by atoms with Gasteiger partial charge in [0.1, 0.15) is 17.4 Å². The first-order chi connectivity index (χ1) is 14.5. The van der Waals surface area contributed by atoms with Crippen LogP contribution in [-0.2, 0) is 19.1 Å². The van der Waals surface area contributed by atoms with Crippen LogP contribution in [-0.4, -0.2) is 44.7 Å². The van der Waals surface area contributed by atoms with Crippen LogP contribution in [0.4, 0.5) is 5.69 Å². The Bertz CT molecular complexity index is 982. The fourth-order valence-corrected chi connectivity index (χ4v) is 3.19. The lowest BCUT2D eigenvalue weighted by Gasteiger charge is -2.15. The van der Waals surface area contributed by atoms with Crippen molar-refractivity contribution in [2.24, 2.45) is 0 Å². The molecule has 0 fully saturated rings. The van der Waals surface area contributed by atoms with E-state index in [4.69, 9.17) is 25.8 Å². The molecule has 0 N–H and O–H groups in total. The third-order valence-corrected chi connectivity index (χ3v) is 4.78. The van der Waals surface area contributed by atoms with Crippen LogP contribution < -0.4 is 9.64 Å². The van der Waals surface area contributed by atoms with Gasteiger partial charge >= 0.3 is 5.97 Å².